The maximum absolute atomic E-state index is 5.89. The first-order valence-electron chi connectivity index (χ1n) is 6.87. The number of rotatable bonds is 2. The minimum atomic E-state index is 0. The molecule has 1 aromatic carbocycles. The van der Waals surface area contributed by atoms with Crippen molar-refractivity contribution in [2.24, 2.45) is 0 Å². The molecule has 0 amide bonds. The zero-order valence-electron chi connectivity index (χ0n) is 12.4. The van der Waals surface area contributed by atoms with Crippen LogP contribution in [0, 0.1) is 0 Å². The number of halogens is 2. The lowest BCUT2D eigenvalue weighted by Gasteiger charge is -2.24. The Hall–Kier alpha value is -1.72. The second-order valence-electron chi connectivity index (χ2n) is 5.35. The largest absolute Gasteiger partial charge is 0.385 e. The summed E-state index contributed by atoms with van der Waals surface area (Å²) in [6.45, 7) is 3.32. The van der Waals surface area contributed by atoms with E-state index in [4.69, 9.17) is 11.5 Å². The minimum Gasteiger partial charge on any atom is -0.385 e. The molecule has 7 heteroatoms. The van der Waals surface area contributed by atoms with Gasteiger partial charge in [0.2, 0.25) is 5.95 Å². The molecule has 120 valence electrons. The van der Waals surface area contributed by atoms with Crippen LogP contribution < -0.4 is 16.8 Å². The predicted molar refractivity (Wildman–Crippen MR) is 96.1 cm³/mol. The van der Waals surface area contributed by atoms with Gasteiger partial charge in [-0.15, -0.1) is 24.8 Å². The van der Waals surface area contributed by atoms with E-state index in [1.807, 2.05) is 0 Å². The van der Waals surface area contributed by atoms with Crippen molar-refractivity contribution in [1.82, 2.24) is 9.97 Å². The Kier molecular flexibility index (Phi) is 6.26. The summed E-state index contributed by atoms with van der Waals surface area (Å²) in [5.41, 5.74) is 16.2. The van der Waals surface area contributed by atoms with Crippen LogP contribution in [0.3, 0.4) is 0 Å². The summed E-state index contributed by atoms with van der Waals surface area (Å²) in [7, 11) is 0. The van der Waals surface area contributed by atoms with Gasteiger partial charge in [-0.3, -0.25) is 0 Å². The number of hydrogen-bond donors (Lipinski definition) is 3. The fourth-order valence-electron chi connectivity index (χ4n) is 2.66. The van der Waals surface area contributed by atoms with Gasteiger partial charge < -0.3 is 16.8 Å². The van der Waals surface area contributed by atoms with Crippen LogP contribution in [0.5, 0.6) is 0 Å². The number of aromatic nitrogens is 2. The van der Waals surface area contributed by atoms with Crippen molar-refractivity contribution < 1.29 is 0 Å². The first kappa shape index (κ1) is 18.3. The van der Waals surface area contributed by atoms with Gasteiger partial charge in [-0.25, -0.2) is 4.98 Å². The molecule has 2 aromatic rings. The molecule has 0 saturated heterocycles. The van der Waals surface area contributed by atoms with Gasteiger partial charge >= 0.3 is 0 Å². The predicted octanol–water partition coefficient (Wildman–Crippen LogP) is 2.99. The molecule has 1 aromatic heterocycles. The number of hydrogen-bond acceptors (Lipinski definition) is 5. The van der Waals surface area contributed by atoms with E-state index >= 15 is 0 Å². The molecule has 1 atom stereocenters. The van der Waals surface area contributed by atoms with E-state index in [0.29, 0.717) is 11.7 Å². The van der Waals surface area contributed by atoms with Crippen molar-refractivity contribution in [1.29, 1.82) is 0 Å². The van der Waals surface area contributed by atoms with Gasteiger partial charge in [0.25, 0.3) is 0 Å². The fraction of sp³-hybridized carbons (Fsp3) is 0.333. The lowest BCUT2D eigenvalue weighted by molar-refractivity contribution is 0.682. The highest BCUT2D eigenvalue weighted by Crippen LogP contribution is 2.32. The van der Waals surface area contributed by atoms with Gasteiger partial charge in [-0.2, -0.15) is 4.98 Å². The van der Waals surface area contributed by atoms with E-state index in [0.717, 1.165) is 18.5 Å². The molecule has 1 unspecified atom stereocenters. The lowest BCUT2D eigenvalue weighted by Crippen LogP contribution is -2.15. The molecule has 2 heterocycles. The second-order valence-corrected chi connectivity index (χ2v) is 5.35. The zero-order chi connectivity index (χ0) is 14.1. The van der Waals surface area contributed by atoms with Crippen LogP contribution >= 0.6 is 24.8 Å². The molecule has 3 rings (SSSR count). The summed E-state index contributed by atoms with van der Waals surface area (Å²) >= 11 is 0. The average molecular weight is 342 g/mol. The van der Waals surface area contributed by atoms with Crippen molar-refractivity contribution in [3.63, 3.8) is 0 Å². The summed E-state index contributed by atoms with van der Waals surface area (Å²) in [5, 5.41) is 3.44. The van der Waals surface area contributed by atoms with Gasteiger partial charge in [0.1, 0.15) is 5.82 Å². The number of nitrogens with zero attached hydrogens (tertiary/aromatic N) is 2. The molecule has 0 aliphatic carbocycles. The van der Waals surface area contributed by atoms with Crippen LogP contribution in [0.4, 0.5) is 17.5 Å². The van der Waals surface area contributed by atoms with Gasteiger partial charge in [0, 0.05) is 30.4 Å². The van der Waals surface area contributed by atoms with Crippen LogP contribution in [-0.4, -0.2) is 16.5 Å². The number of nitrogen functional groups attached to an aromatic ring is 2. The number of anilines is 3. The quantitative estimate of drug-likeness (QED) is 0.781. The Morgan fingerprint density at radius 1 is 1.27 bits per heavy atom. The zero-order valence-corrected chi connectivity index (χ0v) is 14.0. The summed E-state index contributed by atoms with van der Waals surface area (Å²) in [6.07, 6.45) is 3.61. The third-order valence-electron chi connectivity index (χ3n) is 3.85. The summed E-state index contributed by atoms with van der Waals surface area (Å²) < 4.78 is 0. The summed E-state index contributed by atoms with van der Waals surface area (Å²) in [5.74, 6) is 1.27. The molecule has 0 saturated carbocycles. The molecule has 0 fully saturated rings. The van der Waals surface area contributed by atoms with Crippen LogP contribution in [-0.2, 0) is 6.42 Å². The van der Waals surface area contributed by atoms with Crippen LogP contribution in [0.15, 0.2) is 24.4 Å². The standard InChI is InChI=1S/C15H19N5.2ClH/c1-9-4-5-18-13-3-2-10(7-12(9)13)6-11-8-19-15(17)20-14(11)16;;/h2-3,7-9,18H,4-6H2,1H3,(H4,16,17,19,20);2*1H. The minimum absolute atomic E-state index is 0. The van der Waals surface area contributed by atoms with Crippen molar-refractivity contribution in [2.45, 2.75) is 25.7 Å². The Morgan fingerprint density at radius 2 is 2.05 bits per heavy atom. The summed E-state index contributed by atoms with van der Waals surface area (Å²) in [4.78, 5) is 8.02. The van der Waals surface area contributed by atoms with E-state index in [1.54, 1.807) is 6.20 Å². The topological polar surface area (TPSA) is 89.8 Å². The van der Waals surface area contributed by atoms with Gasteiger partial charge in [0.15, 0.2) is 0 Å². The highest BCUT2D eigenvalue weighted by atomic mass is 35.5. The molecular weight excluding hydrogens is 321 g/mol. The number of nitrogens with one attached hydrogen (secondary N) is 1. The molecule has 1 aliphatic rings. The first-order valence-corrected chi connectivity index (χ1v) is 6.87. The smallest absolute Gasteiger partial charge is 0.221 e. The highest BCUT2D eigenvalue weighted by molar-refractivity contribution is 5.85. The van der Waals surface area contributed by atoms with Crippen LogP contribution in [0.1, 0.15) is 36.0 Å². The van der Waals surface area contributed by atoms with E-state index in [1.165, 1.54) is 23.2 Å². The second kappa shape index (κ2) is 7.51. The molecule has 0 radical (unpaired) electrons. The monoisotopic (exact) mass is 341 g/mol. The maximum atomic E-state index is 5.89. The Bertz CT molecular complexity index is 648. The highest BCUT2D eigenvalue weighted by Gasteiger charge is 2.16. The summed E-state index contributed by atoms with van der Waals surface area (Å²) in [6, 6.07) is 6.52. The lowest BCUT2D eigenvalue weighted by atomic mass is 9.90. The van der Waals surface area contributed by atoms with Gasteiger partial charge in [-0.1, -0.05) is 19.1 Å². The number of nitrogens with two attached hydrogens (primary N) is 2. The molecule has 5 N–H and O–H groups in total. The van der Waals surface area contributed by atoms with Crippen molar-refractivity contribution in [3.8, 4) is 0 Å². The molecular formula is C15H21Cl2N5. The third-order valence-corrected chi connectivity index (χ3v) is 3.85. The van der Waals surface area contributed by atoms with Crippen molar-refractivity contribution in [3.05, 3.63) is 41.1 Å². The Balaban J connectivity index is 0.00000121. The third kappa shape index (κ3) is 3.72. The average Bonchev–Trinajstić information content (AvgIpc) is 2.43. The van der Waals surface area contributed by atoms with Crippen LogP contribution in [0.25, 0.3) is 0 Å². The van der Waals surface area contributed by atoms with Crippen molar-refractivity contribution >= 4 is 42.3 Å². The van der Waals surface area contributed by atoms with E-state index < -0.39 is 0 Å². The molecule has 0 spiro atoms. The van der Waals surface area contributed by atoms with E-state index in [-0.39, 0.29) is 30.8 Å². The van der Waals surface area contributed by atoms with E-state index in [9.17, 15) is 0 Å². The van der Waals surface area contributed by atoms with Gasteiger partial charge in [0.05, 0.1) is 0 Å². The Morgan fingerprint density at radius 3 is 2.77 bits per heavy atom. The molecule has 0 bridgehead atoms. The number of fused-ring (bicyclic) bond motifs is 1. The molecule has 22 heavy (non-hydrogen) atoms. The Labute approximate surface area is 142 Å². The first-order chi connectivity index (χ1) is 9.63. The van der Waals surface area contributed by atoms with Crippen molar-refractivity contribution in [2.75, 3.05) is 23.3 Å². The SMILES string of the molecule is CC1CCNc2ccc(Cc3cnc(N)nc3N)cc21.Cl.Cl. The number of benzene rings is 1. The normalized spacial score (nSPS) is 15.8. The van der Waals surface area contributed by atoms with Crippen LogP contribution in [0.2, 0.25) is 0 Å². The molecule has 1 aliphatic heterocycles. The van der Waals surface area contributed by atoms with Gasteiger partial charge in [-0.05, 0) is 29.5 Å². The molecule has 5 nitrogen and oxygen atoms in total. The maximum Gasteiger partial charge on any atom is 0.221 e. The fourth-order valence-corrected chi connectivity index (χ4v) is 2.66. The van der Waals surface area contributed by atoms with E-state index in [2.05, 4.69) is 40.4 Å².